The van der Waals surface area contributed by atoms with Gasteiger partial charge in [-0.1, -0.05) is 5.16 Å². The Hall–Kier alpha value is -2.28. The number of aromatic hydroxyl groups is 1. The van der Waals surface area contributed by atoms with E-state index in [9.17, 15) is 5.11 Å². The van der Waals surface area contributed by atoms with Crippen molar-refractivity contribution in [2.24, 2.45) is 0 Å². The highest BCUT2D eigenvalue weighted by atomic mass is 32.1. The fraction of sp³-hybridized carbons (Fsp3) is 0. The van der Waals surface area contributed by atoms with Gasteiger partial charge in [0, 0.05) is 12.4 Å². The summed E-state index contributed by atoms with van der Waals surface area (Å²) in [4.78, 5) is 12.7. The van der Waals surface area contributed by atoms with E-state index in [4.69, 9.17) is 4.52 Å². The highest BCUT2D eigenvalue weighted by molar-refractivity contribution is 7.13. The van der Waals surface area contributed by atoms with Crippen molar-refractivity contribution in [1.29, 1.82) is 0 Å². The molecular weight excluding hydrogens is 240 g/mol. The van der Waals surface area contributed by atoms with Crippen molar-refractivity contribution < 1.29 is 9.63 Å². The second kappa shape index (κ2) is 3.95. The van der Waals surface area contributed by atoms with E-state index >= 15 is 0 Å². The minimum absolute atomic E-state index is 0.124. The van der Waals surface area contributed by atoms with Crippen LogP contribution < -0.4 is 0 Å². The van der Waals surface area contributed by atoms with Crippen molar-refractivity contribution in [1.82, 2.24) is 20.1 Å². The Bertz CT molecular complexity index is 635. The van der Waals surface area contributed by atoms with E-state index in [1.807, 2.05) is 0 Å². The number of nitrogens with zero attached hydrogens (tertiary/aromatic N) is 4. The first kappa shape index (κ1) is 9.91. The van der Waals surface area contributed by atoms with Gasteiger partial charge in [-0.3, -0.25) is 0 Å². The Morgan fingerprint density at radius 2 is 2.00 bits per heavy atom. The molecule has 0 radical (unpaired) electrons. The van der Waals surface area contributed by atoms with Crippen LogP contribution in [-0.2, 0) is 0 Å². The average molecular weight is 246 g/mol. The molecule has 0 saturated carbocycles. The molecule has 3 aromatic rings. The zero-order valence-electron chi connectivity index (χ0n) is 8.44. The monoisotopic (exact) mass is 246 g/mol. The van der Waals surface area contributed by atoms with E-state index in [0.29, 0.717) is 16.5 Å². The summed E-state index contributed by atoms with van der Waals surface area (Å²) < 4.78 is 5.05. The van der Waals surface area contributed by atoms with E-state index in [0.717, 1.165) is 0 Å². The van der Waals surface area contributed by atoms with Crippen LogP contribution in [0, 0.1) is 0 Å². The molecule has 0 bridgehead atoms. The molecule has 3 rings (SSSR count). The minimum Gasteiger partial charge on any atom is -0.506 e. The van der Waals surface area contributed by atoms with E-state index < -0.39 is 0 Å². The van der Waals surface area contributed by atoms with Crippen LogP contribution in [0.5, 0.6) is 5.75 Å². The van der Waals surface area contributed by atoms with Crippen LogP contribution >= 0.6 is 11.3 Å². The third-order valence-corrected chi connectivity index (χ3v) is 2.92. The first-order valence-corrected chi connectivity index (χ1v) is 5.60. The fourth-order valence-electron chi connectivity index (χ4n) is 1.28. The normalized spacial score (nSPS) is 10.6. The summed E-state index contributed by atoms with van der Waals surface area (Å²) in [6, 6.07) is 3.28. The van der Waals surface area contributed by atoms with Crippen LogP contribution in [0.2, 0.25) is 0 Å². The molecule has 0 unspecified atom stereocenters. The zero-order chi connectivity index (χ0) is 11.7. The van der Waals surface area contributed by atoms with Gasteiger partial charge in [-0.2, -0.15) is 4.98 Å². The van der Waals surface area contributed by atoms with Crippen LogP contribution in [0.3, 0.4) is 0 Å². The van der Waals surface area contributed by atoms with Gasteiger partial charge in [0.25, 0.3) is 5.89 Å². The van der Waals surface area contributed by atoms with Crippen LogP contribution in [0.25, 0.3) is 22.4 Å². The summed E-state index contributed by atoms with van der Waals surface area (Å²) >= 11 is 1.32. The van der Waals surface area contributed by atoms with Crippen LogP contribution in [0.15, 0.2) is 34.4 Å². The molecule has 7 heteroatoms. The lowest BCUT2D eigenvalue weighted by molar-refractivity contribution is 0.427. The predicted octanol–water partition coefficient (Wildman–Crippen LogP) is 1.96. The quantitative estimate of drug-likeness (QED) is 0.744. The van der Waals surface area contributed by atoms with Gasteiger partial charge in [0.1, 0.15) is 10.6 Å². The zero-order valence-corrected chi connectivity index (χ0v) is 9.26. The summed E-state index contributed by atoms with van der Waals surface area (Å²) in [7, 11) is 0. The molecule has 17 heavy (non-hydrogen) atoms. The molecule has 0 amide bonds. The highest BCUT2D eigenvalue weighted by Gasteiger charge is 2.16. The number of thiophene rings is 1. The Morgan fingerprint density at radius 1 is 1.18 bits per heavy atom. The molecule has 0 spiro atoms. The molecular formula is C10H6N4O2S. The van der Waals surface area contributed by atoms with Crippen molar-refractivity contribution in [2.45, 2.75) is 0 Å². The largest absolute Gasteiger partial charge is 0.506 e. The van der Waals surface area contributed by atoms with E-state index in [1.54, 1.807) is 29.9 Å². The molecule has 3 heterocycles. The molecule has 0 fully saturated rings. The SMILES string of the molecule is Oc1ccsc1-c1nc(-c2ncccn2)no1. The van der Waals surface area contributed by atoms with Crippen molar-refractivity contribution in [3.63, 3.8) is 0 Å². The van der Waals surface area contributed by atoms with Crippen molar-refractivity contribution in [3.05, 3.63) is 29.9 Å². The Morgan fingerprint density at radius 3 is 2.71 bits per heavy atom. The molecule has 3 aromatic heterocycles. The first-order valence-electron chi connectivity index (χ1n) is 4.72. The third kappa shape index (κ3) is 1.76. The molecule has 84 valence electrons. The summed E-state index contributed by atoms with van der Waals surface area (Å²) in [6.45, 7) is 0. The second-order valence-corrected chi connectivity index (χ2v) is 4.05. The topological polar surface area (TPSA) is 84.9 Å². The maximum Gasteiger partial charge on any atom is 0.272 e. The number of hydrogen-bond donors (Lipinski definition) is 1. The lowest BCUT2D eigenvalue weighted by atomic mass is 10.4. The maximum absolute atomic E-state index is 9.54. The van der Waals surface area contributed by atoms with Gasteiger partial charge in [0.2, 0.25) is 11.6 Å². The standard InChI is InChI=1S/C10H6N4O2S/c15-6-2-5-17-7(6)10-13-9(14-16-10)8-11-3-1-4-12-8/h1-5,15H. The molecule has 0 aliphatic rings. The van der Waals surface area contributed by atoms with Gasteiger partial charge in [0.15, 0.2) is 0 Å². The predicted molar refractivity (Wildman–Crippen MR) is 60.3 cm³/mol. The van der Waals surface area contributed by atoms with E-state index in [-0.39, 0.29) is 11.6 Å². The molecule has 0 aromatic carbocycles. The molecule has 0 aliphatic carbocycles. The van der Waals surface area contributed by atoms with Gasteiger partial charge >= 0.3 is 0 Å². The van der Waals surface area contributed by atoms with E-state index in [2.05, 4.69) is 20.1 Å². The number of hydrogen-bond acceptors (Lipinski definition) is 7. The number of rotatable bonds is 2. The molecule has 0 aliphatic heterocycles. The van der Waals surface area contributed by atoms with Gasteiger partial charge in [-0.15, -0.1) is 11.3 Å². The average Bonchev–Trinajstić information content (AvgIpc) is 2.98. The molecule has 1 N–H and O–H groups in total. The minimum atomic E-state index is 0.124. The molecule has 0 atom stereocenters. The van der Waals surface area contributed by atoms with Gasteiger partial charge in [-0.05, 0) is 17.5 Å². The lowest BCUT2D eigenvalue weighted by Gasteiger charge is -1.89. The van der Waals surface area contributed by atoms with Crippen molar-refractivity contribution in [3.8, 4) is 28.2 Å². The van der Waals surface area contributed by atoms with Crippen LogP contribution in [0.1, 0.15) is 0 Å². The first-order chi connectivity index (χ1) is 8.34. The summed E-state index contributed by atoms with van der Waals surface area (Å²) in [5.41, 5.74) is 0. The van der Waals surface area contributed by atoms with Crippen LogP contribution in [0.4, 0.5) is 0 Å². The molecule has 0 saturated heterocycles. The lowest BCUT2D eigenvalue weighted by Crippen LogP contribution is -1.88. The van der Waals surface area contributed by atoms with Gasteiger partial charge < -0.3 is 9.63 Å². The highest BCUT2D eigenvalue weighted by Crippen LogP contribution is 2.33. The van der Waals surface area contributed by atoms with Crippen molar-refractivity contribution in [2.75, 3.05) is 0 Å². The molecule has 6 nitrogen and oxygen atoms in total. The second-order valence-electron chi connectivity index (χ2n) is 3.13. The summed E-state index contributed by atoms with van der Waals surface area (Å²) in [6.07, 6.45) is 3.20. The van der Waals surface area contributed by atoms with Gasteiger partial charge in [-0.25, -0.2) is 9.97 Å². The summed E-state index contributed by atoms with van der Waals surface area (Å²) in [5.74, 6) is 1.08. The Balaban J connectivity index is 2.02. The van der Waals surface area contributed by atoms with Crippen LogP contribution in [-0.4, -0.2) is 25.2 Å². The Labute approximate surface area is 99.6 Å². The summed E-state index contributed by atoms with van der Waals surface area (Å²) in [5, 5.41) is 15.0. The Kier molecular flexibility index (Phi) is 2.30. The maximum atomic E-state index is 9.54. The van der Waals surface area contributed by atoms with Gasteiger partial charge in [0.05, 0.1) is 0 Å². The number of aromatic nitrogens is 4. The smallest absolute Gasteiger partial charge is 0.272 e. The van der Waals surface area contributed by atoms with E-state index in [1.165, 1.54) is 11.3 Å². The third-order valence-electron chi connectivity index (χ3n) is 2.03. The van der Waals surface area contributed by atoms with Crippen molar-refractivity contribution >= 4 is 11.3 Å². The fourth-order valence-corrected chi connectivity index (χ4v) is 1.99.